The fraction of sp³-hybridized carbons (Fsp3) is 0.444. The number of anilines is 1. The molecule has 7 rings (SSSR count). The van der Waals surface area contributed by atoms with Crippen molar-refractivity contribution in [3.8, 4) is 28.5 Å². The Labute approximate surface area is 222 Å². The topological polar surface area (TPSA) is 97.6 Å². The fourth-order valence-electron chi connectivity index (χ4n) is 6.18. The van der Waals surface area contributed by atoms with Crippen molar-refractivity contribution in [1.82, 2.24) is 34.7 Å². The van der Waals surface area contributed by atoms with Crippen LogP contribution in [0.15, 0.2) is 30.9 Å². The highest BCUT2D eigenvalue weighted by atomic mass is 19.4. The molecule has 0 amide bonds. The molecule has 2 bridgehead atoms. The van der Waals surface area contributed by atoms with Crippen molar-refractivity contribution in [3.63, 3.8) is 0 Å². The van der Waals surface area contributed by atoms with Crippen molar-refractivity contribution >= 4 is 5.82 Å². The van der Waals surface area contributed by atoms with Crippen molar-refractivity contribution < 1.29 is 17.9 Å². The largest absolute Gasteiger partial charge is 0.480 e. The summed E-state index contributed by atoms with van der Waals surface area (Å²) in [5, 5.41) is 5.09. The van der Waals surface area contributed by atoms with Gasteiger partial charge in [-0.15, -0.1) is 0 Å². The van der Waals surface area contributed by atoms with Crippen molar-refractivity contribution in [2.75, 3.05) is 12.0 Å². The lowest BCUT2D eigenvalue weighted by atomic mass is 9.93. The average Bonchev–Trinajstić information content (AvgIpc) is 3.40. The molecule has 1 saturated carbocycles. The molecule has 2 aliphatic heterocycles. The average molecular weight is 537 g/mol. The van der Waals surface area contributed by atoms with E-state index in [-0.39, 0.29) is 17.9 Å². The van der Waals surface area contributed by atoms with Gasteiger partial charge in [-0.1, -0.05) is 0 Å². The van der Waals surface area contributed by atoms with Gasteiger partial charge in [0.2, 0.25) is 5.88 Å². The molecule has 4 aromatic rings. The van der Waals surface area contributed by atoms with Crippen LogP contribution in [0.4, 0.5) is 19.0 Å². The van der Waals surface area contributed by atoms with E-state index in [0.717, 1.165) is 67.6 Å². The number of halogens is 3. The number of hydrogen-bond donors (Lipinski definition) is 1. The molecule has 2 fully saturated rings. The van der Waals surface area contributed by atoms with Gasteiger partial charge in [0.25, 0.3) is 0 Å². The van der Waals surface area contributed by atoms with Crippen LogP contribution in [0.5, 0.6) is 5.88 Å². The Hall–Kier alpha value is -3.96. The second kappa shape index (κ2) is 8.78. The first kappa shape index (κ1) is 24.1. The molecule has 2 atom stereocenters. The number of ether oxygens (including phenoxy) is 1. The molecule has 1 saturated heterocycles. The van der Waals surface area contributed by atoms with E-state index in [1.165, 1.54) is 11.3 Å². The van der Waals surface area contributed by atoms with Crippen molar-refractivity contribution in [2.24, 2.45) is 0 Å². The number of aryl methyl sites for hydroxylation is 1. The summed E-state index contributed by atoms with van der Waals surface area (Å²) in [6.45, 7) is 2.86. The highest BCUT2D eigenvalue weighted by Crippen LogP contribution is 2.52. The monoisotopic (exact) mass is 536 g/mol. The van der Waals surface area contributed by atoms with Gasteiger partial charge in [0, 0.05) is 47.9 Å². The summed E-state index contributed by atoms with van der Waals surface area (Å²) in [5.41, 5.74) is 4.79. The molecule has 6 heterocycles. The minimum Gasteiger partial charge on any atom is -0.480 e. The van der Waals surface area contributed by atoms with E-state index in [4.69, 9.17) is 14.8 Å². The summed E-state index contributed by atoms with van der Waals surface area (Å²) in [6.07, 6.45) is 4.46. The number of aromatic amines is 1. The Morgan fingerprint density at radius 1 is 1.05 bits per heavy atom. The van der Waals surface area contributed by atoms with E-state index in [2.05, 4.69) is 36.4 Å². The maximum Gasteiger partial charge on any atom is 0.432 e. The molecular formula is C27H27F3N8O. The van der Waals surface area contributed by atoms with Crippen LogP contribution in [0, 0.1) is 0 Å². The minimum atomic E-state index is -4.48. The quantitative estimate of drug-likeness (QED) is 0.356. The molecule has 1 aliphatic carbocycles. The van der Waals surface area contributed by atoms with Crippen molar-refractivity contribution in [2.45, 2.75) is 69.8 Å². The molecule has 3 aliphatic rings. The minimum absolute atomic E-state index is 0.0600. The smallest absolute Gasteiger partial charge is 0.432 e. The molecular weight excluding hydrogens is 509 g/mol. The van der Waals surface area contributed by atoms with Gasteiger partial charge < -0.3 is 14.6 Å². The second-order valence-corrected chi connectivity index (χ2v) is 10.3. The molecule has 39 heavy (non-hydrogen) atoms. The summed E-state index contributed by atoms with van der Waals surface area (Å²) in [7, 11) is 1.63. The Morgan fingerprint density at radius 2 is 1.90 bits per heavy atom. The Balaban J connectivity index is 1.28. The number of H-pyrrole nitrogens is 1. The van der Waals surface area contributed by atoms with Gasteiger partial charge in [-0.05, 0) is 44.7 Å². The van der Waals surface area contributed by atoms with Crippen LogP contribution in [-0.2, 0) is 19.1 Å². The lowest BCUT2D eigenvalue weighted by Crippen LogP contribution is -2.38. The van der Waals surface area contributed by atoms with E-state index in [1.807, 2.05) is 6.07 Å². The number of alkyl halides is 3. The summed E-state index contributed by atoms with van der Waals surface area (Å²) in [6, 6.07) is 3.96. The number of pyridine rings is 1. The Bertz CT molecular complexity index is 1540. The SMILES string of the molecule is CCn1nc(-c2c(OC)ncnc2C2CC2)c2c1CC1CCC2N1c1ccc(-c2ncc(C(F)(F)F)[nH]2)cn1. The van der Waals surface area contributed by atoms with Gasteiger partial charge >= 0.3 is 6.18 Å². The van der Waals surface area contributed by atoms with E-state index in [0.29, 0.717) is 17.4 Å². The third-order valence-corrected chi connectivity index (χ3v) is 8.07. The first-order chi connectivity index (χ1) is 18.9. The van der Waals surface area contributed by atoms with E-state index < -0.39 is 11.9 Å². The third kappa shape index (κ3) is 3.87. The van der Waals surface area contributed by atoms with Crippen LogP contribution in [0.2, 0.25) is 0 Å². The molecule has 0 radical (unpaired) electrons. The predicted molar refractivity (Wildman–Crippen MR) is 136 cm³/mol. The van der Waals surface area contributed by atoms with Crippen LogP contribution in [0.1, 0.15) is 67.2 Å². The fourth-order valence-corrected chi connectivity index (χ4v) is 6.18. The van der Waals surface area contributed by atoms with Gasteiger partial charge in [-0.2, -0.15) is 18.3 Å². The van der Waals surface area contributed by atoms with Crippen LogP contribution < -0.4 is 9.64 Å². The summed E-state index contributed by atoms with van der Waals surface area (Å²) in [5.74, 6) is 1.86. The standard InChI is InChI=1S/C27H27F3N8O/c1-3-37-18-10-16-7-8-17(21(18)24(36-37)22-23(14-4-5-14)33-13-34-26(22)39-2)38(16)20-9-6-15(11-31-20)25-32-12-19(35-25)27(28,29)30/h6,9,11-14,16-17H,3-5,7-8,10H2,1-2H3,(H,32,35). The second-order valence-electron chi connectivity index (χ2n) is 10.3. The molecule has 2 unspecified atom stereocenters. The molecule has 12 heteroatoms. The lowest BCUT2D eigenvalue weighted by molar-refractivity contribution is -0.140. The predicted octanol–water partition coefficient (Wildman–Crippen LogP) is 5.32. The first-order valence-corrected chi connectivity index (χ1v) is 13.2. The number of nitrogens with zero attached hydrogens (tertiary/aromatic N) is 7. The van der Waals surface area contributed by atoms with Gasteiger partial charge in [-0.3, -0.25) is 4.68 Å². The Kier molecular flexibility index (Phi) is 5.43. The van der Waals surface area contributed by atoms with Gasteiger partial charge in [0.1, 0.15) is 29.4 Å². The number of methoxy groups -OCH3 is 1. The van der Waals surface area contributed by atoms with Crippen LogP contribution in [0.25, 0.3) is 22.6 Å². The number of fused-ring (bicyclic) bond motifs is 4. The molecule has 0 aromatic carbocycles. The highest BCUT2D eigenvalue weighted by Gasteiger charge is 2.45. The first-order valence-electron chi connectivity index (χ1n) is 13.2. The molecule has 9 nitrogen and oxygen atoms in total. The number of nitrogens with one attached hydrogen (secondary N) is 1. The van der Waals surface area contributed by atoms with Gasteiger partial charge in [-0.25, -0.2) is 19.9 Å². The van der Waals surface area contributed by atoms with Crippen molar-refractivity contribution in [3.05, 3.63) is 53.5 Å². The van der Waals surface area contributed by atoms with Crippen molar-refractivity contribution in [1.29, 1.82) is 0 Å². The van der Waals surface area contributed by atoms with E-state index in [1.54, 1.807) is 25.7 Å². The number of imidazole rings is 1. The summed E-state index contributed by atoms with van der Waals surface area (Å²) in [4.78, 5) is 22.4. The van der Waals surface area contributed by atoms with Crippen LogP contribution >= 0.6 is 0 Å². The highest BCUT2D eigenvalue weighted by molar-refractivity contribution is 5.75. The van der Waals surface area contributed by atoms with Crippen LogP contribution in [0.3, 0.4) is 0 Å². The van der Waals surface area contributed by atoms with Gasteiger partial charge in [0.15, 0.2) is 0 Å². The molecule has 202 valence electrons. The number of rotatable bonds is 6. The number of hydrogen-bond acceptors (Lipinski definition) is 7. The van der Waals surface area contributed by atoms with Gasteiger partial charge in [0.05, 0.1) is 30.6 Å². The molecule has 0 spiro atoms. The normalized spacial score (nSPS) is 20.4. The summed E-state index contributed by atoms with van der Waals surface area (Å²) < 4.78 is 46.9. The summed E-state index contributed by atoms with van der Waals surface area (Å²) >= 11 is 0. The zero-order chi connectivity index (χ0) is 26.9. The Morgan fingerprint density at radius 3 is 2.56 bits per heavy atom. The zero-order valence-electron chi connectivity index (χ0n) is 21.5. The number of aromatic nitrogens is 7. The zero-order valence-corrected chi connectivity index (χ0v) is 21.5. The molecule has 1 N–H and O–H groups in total. The maximum absolute atomic E-state index is 13.0. The lowest BCUT2D eigenvalue weighted by Gasteiger charge is -2.36. The third-order valence-electron chi connectivity index (χ3n) is 8.07. The van der Waals surface area contributed by atoms with E-state index >= 15 is 0 Å². The van der Waals surface area contributed by atoms with Crippen LogP contribution in [-0.4, -0.2) is 47.9 Å². The molecule has 4 aromatic heterocycles. The maximum atomic E-state index is 13.0. The van der Waals surface area contributed by atoms with E-state index in [9.17, 15) is 13.2 Å².